The third-order valence-corrected chi connectivity index (χ3v) is 4.11. The fourth-order valence-corrected chi connectivity index (χ4v) is 2.62. The van der Waals surface area contributed by atoms with E-state index in [4.69, 9.17) is 9.47 Å². The first-order valence-corrected chi connectivity index (χ1v) is 9.11. The molecule has 0 unspecified atom stereocenters. The van der Waals surface area contributed by atoms with Crippen molar-refractivity contribution in [2.75, 3.05) is 51.6 Å². The molecule has 0 aliphatic rings. The molecule has 2 aromatic carbocycles. The molecule has 0 aromatic heterocycles. The maximum absolute atomic E-state index is 5.36. The molecule has 0 fully saturated rings. The molecule has 0 heterocycles. The zero-order valence-corrected chi connectivity index (χ0v) is 16.9. The molecule has 0 amide bonds. The summed E-state index contributed by atoms with van der Waals surface area (Å²) in [6.45, 7) is 3.53. The molecule has 0 saturated heterocycles. The Kier molecular flexibility index (Phi) is 7.79. The van der Waals surface area contributed by atoms with Crippen LogP contribution in [-0.2, 0) is 6.42 Å². The van der Waals surface area contributed by atoms with E-state index in [1.54, 1.807) is 14.2 Å². The van der Waals surface area contributed by atoms with Crippen LogP contribution in [0.15, 0.2) is 47.5 Å². The minimum absolute atomic E-state index is 0.680. The predicted octanol–water partition coefficient (Wildman–Crippen LogP) is 3.39. The summed E-state index contributed by atoms with van der Waals surface area (Å²) >= 11 is 0. The van der Waals surface area contributed by atoms with Gasteiger partial charge < -0.3 is 25.0 Å². The molecule has 6 heteroatoms. The van der Waals surface area contributed by atoms with Gasteiger partial charge in [0, 0.05) is 44.6 Å². The third-order valence-electron chi connectivity index (χ3n) is 4.11. The number of anilines is 2. The first-order chi connectivity index (χ1) is 13.1. The number of benzene rings is 2. The summed E-state index contributed by atoms with van der Waals surface area (Å²) in [4.78, 5) is 6.77. The molecular weight excluding hydrogens is 340 g/mol. The molecule has 27 heavy (non-hydrogen) atoms. The number of guanidine groups is 1. The van der Waals surface area contributed by atoms with E-state index in [9.17, 15) is 0 Å². The standard InChI is InChI=1S/C21H30N4O2/c1-6-22-21(24-17-9-12-19(26-4)20(15-17)27-5)23-14-13-16-7-10-18(11-8-16)25(2)3/h7-12,15H,6,13-14H2,1-5H3,(H2,22,23,24). The molecule has 6 nitrogen and oxygen atoms in total. The smallest absolute Gasteiger partial charge is 0.195 e. The van der Waals surface area contributed by atoms with Gasteiger partial charge >= 0.3 is 0 Å². The van der Waals surface area contributed by atoms with Crippen LogP contribution in [0.1, 0.15) is 12.5 Å². The van der Waals surface area contributed by atoms with Crippen molar-refractivity contribution < 1.29 is 9.47 Å². The second kappa shape index (κ2) is 10.3. The van der Waals surface area contributed by atoms with Gasteiger partial charge in [-0.1, -0.05) is 12.1 Å². The Morgan fingerprint density at radius 3 is 2.30 bits per heavy atom. The molecular formula is C21H30N4O2. The van der Waals surface area contributed by atoms with Crippen molar-refractivity contribution in [1.29, 1.82) is 0 Å². The van der Waals surface area contributed by atoms with Gasteiger partial charge in [0.05, 0.1) is 14.2 Å². The van der Waals surface area contributed by atoms with Crippen LogP contribution in [-0.4, -0.2) is 47.4 Å². The molecule has 0 aliphatic carbocycles. The van der Waals surface area contributed by atoms with Gasteiger partial charge in [-0.3, -0.25) is 4.99 Å². The van der Waals surface area contributed by atoms with E-state index < -0.39 is 0 Å². The van der Waals surface area contributed by atoms with E-state index in [2.05, 4.69) is 44.8 Å². The highest BCUT2D eigenvalue weighted by atomic mass is 16.5. The molecule has 2 rings (SSSR count). The van der Waals surface area contributed by atoms with Crippen molar-refractivity contribution >= 4 is 17.3 Å². The molecule has 0 bridgehead atoms. The summed E-state index contributed by atoms with van der Waals surface area (Å²) in [5.74, 6) is 2.13. The lowest BCUT2D eigenvalue weighted by atomic mass is 10.1. The highest BCUT2D eigenvalue weighted by Gasteiger charge is 2.06. The molecule has 146 valence electrons. The van der Waals surface area contributed by atoms with Crippen LogP contribution in [0.2, 0.25) is 0 Å². The fourth-order valence-electron chi connectivity index (χ4n) is 2.62. The molecule has 2 N–H and O–H groups in total. The average molecular weight is 370 g/mol. The van der Waals surface area contributed by atoms with Crippen LogP contribution in [0, 0.1) is 0 Å². The number of nitrogens with zero attached hydrogens (tertiary/aromatic N) is 2. The lowest BCUT2D eigenvalue weighted by Gasteiger charge is -2.14. The zero-order chi connectivity index (χ0) is 19.6. The van der Waals surface area contributed by atoms with Gasteiger partial charge in [0.2, 0.25) is 0 Å². The maximum atomic E-state index is 5.36. The van der Waals surface area contributed by atoms with Crippen LogP contribution < -0.4 is 25.0 Å². The van der Waals surface area contributed by atoms with Crippen LogP contribution in [0.25, 0.3) is 0 Å². The van der Waals surface area contributed by atoms with Crippen LogP contribution in [0.5, 0.6) is 11.5 Å². The fraction of sp³-hybridized carbons (Fsp3) is 0.381. The molecule has 2 aromatic rings. The highest BCUT2D eigenvalue weighted by molar-refractivity contribution is 5.93. The van der Waals surface area contributed by atoms with Crippen molar-refractivity contribution in [3.63, 3.8) is 0 Å². The van der Waals surface area contributed by atoms with Gasteiger partial charge in [-0.05, 0) is 43.2 Å². The van der Waals surface area contributed by atoms with Gasteiger partial charge in [-0.25, -0.2) is 0 Å². The van der Waals surface area contributed by atoms with E-state index in [1.807, 2.05) is 39.2 Å². The minimum atomic E-state index is 0.680. The monoisotopic (exact) mass is 370 g/mol. The van der Waals surface area contributed by atoms with Crippen LogP contribution in [0.4, 0.5) is 11.4 Å². The van der Waals surface area contributed by atoms with Crippen LogP contribution in [0.3, 0.4) is 0 Å². The topological polar surface area (TPSA) is 58.1 Å². The van der Waals surface area contributed by atoms with E-state index in [-0.39, 0.29) is 0 Å². The van der Waals surface area contributed by atoms with Crippen molar-refractivity contribution in [2.24, 2.45) is 4.99 Å². The first-order valence-electron chi connectivity index (χ1n) is 9.11. The number of rotatable bonds is 8. The summed E-state index contributed by atoms with van der Waals surface area (Å²) in [5.41, 5.74) is 3.36. The number of aliphatic imine (C=N–C) groups is 1. The average Bonchev–Trinajstić information content (AvgIpc) is 2.68. The van der Waals surface area contributed by atoms with Gasteiger partial charge in [-0.2, -0.15) is 0 Å². The molecule has 0 aliphatic heterocycles. The van der Waals surface area contributed by atoms with Gasteiger partial charge in [0.15, 0.2) is 17.5 Å². The van der Waals surface area contributed by atoms with E-state index >= 15 is 0 Å². The van der Waals surface area contributed by atoms with Crippen molar-refractivity contribution in [3.8, 4) is 11.5 Å². The zero-order valence-electron chi connectivity index (χ0n) is 16.9. The minimum Gasteiger partial charge on any atom is -0.493 e. The maximum Gasteiger partial charge on any atom is 0.195 e. The summed E-state index contributed by atoms with van der Waals surface area (Å²) in [7, 11) is 7.34. The molecule has 0 atom stereocenters. The predicted molar refractivity (Wildman–Crippen MR) is 114 cm³/mol. The Labute approximate surface area is 162 Å². The number of ether oxygens (including phenoxy) is 2. The molecule has 0 saturated carbocycles. The van der Waals surface area contributed by atoms with E-state index in [0.717, 1.165) is 24.6 Å². The van der Waals surface area contributed by atoms with Gasteiger partial charge in [0.1, 0.15) is 0 Å². The Hall–Kier alpha value is -2.89. The second-order valence-electron chi connectivity index (χ2n) is 6.27. The van der Waals surface area contributed by atoms with Gasteiger partial charge in [-0.15, -0.1) is 0 Å². The Balaban J connectivity index is 2.01. The summed E-state index contributed by atoms with van der Waals surface area (Å²) in [6.07, 6.45) is 0.885. The number of methoxy groups -OCH3 is 2. The van der Waals surface area contributed by atoms with Crippen molar-refractivity contribution in [3.05, 3.63) is 48.0 Å². The van der Waals surface area contributed by atoms with E-state index in [0.29, 0.717) is 18.0 Å². The first kappa shape index (κ1) is 20.4. The molecule has 0 radical (unpaired) electrons. The van der Waals surface area contributed by atoms with Crippen molar-refractivity contribution in [1.82, 2.24) is 5.32 Å². The summed E-state index contributed by atoms with van der Waals surface area (Å²) < 4.78 is 10.6. The van der Waals surface area contributed by atoms with Crippen molar-refractivity contribution in [2.45, 2.75) is 13.3 Å². The summed E-state index contributed by atoms with van der Waals surface area (Å²) in [5, 5.41) is 6.58. The van der Waals surface area contributed by atoms with Crippen LogP contribution >= 0.6 is 0 Å². The number of hydrogen-bond acceptors (Lipinski definition) is 4. The second-order valence-corrected chi connectivity index (χ2v) is 6.27. The quantitative estimate of drug-likeness (QED) is 0.551. The molecule has 0 spiro atoms. The number of nitrogens with one attached hydrogen (secondary N) is 2. The number of hydrogen-bond donors (Lipinski definition) is 2. The Bertz CT molecular complexity index is 742. The summed E-state index contributed by atoms with van der Waals surface area (Å²) in [6, 6.07) is 14.3. The van der Waals surface area contributed by atoms with Gasteiger partial charge in [0.25, 0.3) is 0 Å². The largest absolute Gasteiger partial charge is 0.493 e. The third kappa shape index (κ3) is 6.09. The lowest BCUT2D eigenvalue weighted by Crippen LogP contribution is -2.30. The Morgan fingerprint density at radius 2 is 1.70 bits per heavy atom. The normalized spacial score (nSPS) is 11.1. The highest BCUT2D eigenvalue weighted by Crippen LogP contribution is 2.29. The van der Waals surface area contributed by atoms with E-state index in [1.165, 1.54) is 11.3 Å². The lowest BCUT2D eigenvalue weighted by molar-refractivity contribution is 0.355. The Morgan fingerprint density at radius 1 is 1.00 bits per heavy atom. The SMILES string of the molecule is CCNC(=NCCc1ccc(N(C)C)cc1)Nc1ccc(OC)c(OC)c1.